The molecule has 67 heavy (non-hydrogen) atoms. The summed E-state index contributed by atoms with van der Waals surface area (Å²) < 4.78 is 0. The van der Waals surface area contributed by atoms with Crippen molar-refractivity contribution < 1.29 is 0 Å². The third kappa shape index (κ3) is 5.14. The summed E-state index contributed by atoms with van der Waals surface area (Å²) in [6.07, 6.45) is 0. The fourth-order valence-corrected chi connectivity index (χ4v) is 12.7. The highest BCUT2D eigenvalue weighted by Crippen LogP contribution is 2.65. The number of anilines is 3. The molecular formula is C66H45N. The van der Waals surface area contributed by atoms with E-state index in [2.05, 4.69) is 255 Å². The Balaban J connectivity index is 1.14. The fourth-order valence-electron chi connectivity index (χ4n) is 12.7. The first-order valence-corrected chi connectivity index (χ1v) is 23.6. The Morgan fingerprint density at radius 1 is 0.299 bits per heavy atom. The molecule has 0 fully saturated rings. The Kier molecular flexibility index (Phi) is 8.02. The van der Waals surface area contributed by atoms with Gasteiger partial charge in [-0.3, -0.25) is 0 Å². The van der Waals surface area contributed by atoms with E-state index in [4.69, 9.17) is 0 Å². The monoisotopic (exact) mass is 851 g/mol. The summed E-state index contributed by atoms with van der Waals surface area (Å²) in [6, 6.07) is 89.2. The minimum Gasteiger partial charge on any atom is -0.310 e. The Hall–Kier alpha value is -8.26. The Morgan fingerprint density at radius 2 is 0.731 bits per heavy atom. The van der Waals surface area contributed by atoms with Crippen LogP contribution in [0.25, 0.3) is 77.2 Å². The van der Waals surface area contributed by atoms with Crippen LogP contribution in [0.15, 0.2) is 237 Å². The van der Waals surface area contributed by atoms with Gasteiger partial charge in [-0.25, -0.2) is 0 Å². The lowest BCUT2D eigenvalue weighted by molar-refractivity contribution is 0.660. The maximum atomic E-state index is 2.57. The molecule has 14 rings (SSSR count). The van der Waals surface area contributed by atoms with E-state index in [-0.39, 0.29) is 5.41 Å². The van der Waals surface area contributed by atoms with Crippen molar-refractivity contribution in [3.63, 3.8) is 0 Å². The van der Waals surface area contributed by atoms with E-state index >= 15 is 0 Å². The first kappa shape index (κ1) is 38.1. The Labute approximate surface area is 391 Å². The first-order chi connectivity index (χ1) is 33.0. The molecule has 314 valence electrons. The maximum Gasteiger partial charge on any atom is 0.0732 e. The molecule has 1 heteroatoms. The summed E-state index contributed by atoms with van der Waals surface area (Å²) in [5.74, 6) is 0. The lowest BCUT2D eigenvalue weighted by Gasteiger charge is -2.37. The van der Waals surface area contributed by atoms with E-state index in [1.165, 1.54) is 111 Å². The summed E-state index contributed by atoms with van der Waals surface area (Å²) in [4.78, 5) is 2.54. The van der Waals surface area contributed by atoms with Crippen LogP contribution in [0.4, 0.5) is 17.1 Å². The first-order valence-electron chi connectivity index (χ1n) is 23.6. The lowest BCUT2D eigenvalue weighted by atomic mass is 9.64. The summed E-state index contributed by atoms with van der Waals surface area (Å²) >= 11 is 0. The van der Waals surface area contributed by atoms with Gasteiger partial charge in [0.2, 0.25) is 0 Å². The standard InChI is InChI=1S/C66H45N/c1-65(2)57-32-16-12-28-51(57)53-39-37-43(40-60(53)65)67(62-35-19-15-22-45(62)42-20-4-3-5-21-42)44-36-38-52-47-24-7-6-23-46(47)50-27-13-17-33-58(50)66(61(52)41-44)59-34-18-14-31-56(59)63-54-29-10-8-25-48(54)49-26-9-11-30-55(49)64(63)66/h3-41H,1-2H3. The molecule has 1 unspecified atom stereocenters. The van der Waals surface area contributed by atoms with Crippen molar-refractivity contribution in [3.05, 3.63) is 270 Å². The lowest BCUT2D eigenvalue weighted by Crippen LogP contribution is -2.30. The van der Waals surface area contributed by atoms with Crippen LogP contribution in [0.2, 0.25) is 0 Å². The fraction of sp³-hybridized carbons (Fsp3) is 0.0606. The van der Waals surface area contributed by atoms with Crippen molar-refractivity contribution in [1.29, 1.82) is 0 Å². The third-order valence-corrected chi connectivity index (χ3v) is 15.5. The van der Waals surface area contributed by atoms with Crippen molar-refractivity contribution in [1.82, 2.24) is 0 Å². The molecule has 0 aromatic heterocycles. The van der Waals surface area contributed by atoms with Gasteiger partial charge in [-0.05, 0) is 135 Å². The predicted molar refractivity (Wildman–Crippen MR) is 281 cm³/mol. The molecule has 3 aliphatic carbocycles. The number of nitrogens with zero attached hydrogens (tertiary/aromatic N) is 1. The molecule has 0 bridgehead atoms. The van der Waals surface area contributed by atoms with Crippen molar-refractivity contribution in [2.24, 2.45) is 0 Å². The topological polar surface area (TPSA) is 3.24 Å². The van der Waals surface area contributed by atoms with Crippen LogP contribution in [0.1, 0.15) is 47.2 Å². The molecule has 0 radical (unpaired) electrons. The van der Waals surface area contributed by atoms with Gasteiger partial charge in [0.1, 0.15) is 0 Å². The van der Waals surface area contributed by atoms with E-state index in [9.17, 15) is 0 Å². The minimum absolute atomic E-state index is 0.168. The van der Waals surface area contributed by atoms with E-state index < -0.39 is 5.41 Å². The van der Waals surface area contributed by atoms with Crippen molar-refractivity contribution in [2.75, 3.05) is 4.90 Å². The molecule has 1 nitrogen and oxygen atoms in total. The van der Waals surface area contributed by atoms with Crippen LogP contribution in [-0.2, 0) is 10.8 Å². The van der Waals surface area contributed by atoms with E-state index in [1.807, 2.05) is 0 Å². The van der Waals surface area contributed by atoms with Crippen molar-refractivity contribution >= 4 is 38.6 Å². The summed E-state index contributed by atoms with van der Waals surface area (Å²) in [5.41, 5.74) is 23.1. The van der Waals surface area contributed by atoms with Gasteiger partial charge in [0, 0.05) is 22.4 Å². The van der Waals surface area contributed by atoms with E-state index in [0.717, 1.165) is 17.1 Å². The summed E-state index contributed by atoms with van der Waals surface area (Å²) in [6.45, 7) is 4.77. The molecule has 0 aliphatic heterocycles. The van der Waals surface area contributed by atoms with Crippen LogP contribution in [0.5, 0.6) is 0 Å². The van der Waals surface area contributed by atoms with Crippen LogP contribution in [0.3, 0.4) is 0 Å². The molecule has 11 aromatic rings. The summed E-state index contributed by atoms with van der Waals surface area (Å²) in [7, 11) is 0. The Morgan fingerprint density at radius 3 is 1.40 bits per heavy atom. The average Bonchev–Trinajstić information content (AvgIpc) is 3.79. The molecule has 1 atom stereocenters. The second-order valence-electron chi connectivity index (χ2n) is 19.1. The molecule has 0 N–H and O–H groups in total. The van der Waals surface area contributed by atoms with E-state index in [1.54, 1.807) is 0 Å². The zero-order valence-corrected chi connectivity index (χ0v) is 37.5. The van der Waals surface area contributed by atoms with Gasteiger partial charge in [-0.15, -0.1) is 0 Å². The van der Waals surface area contributed by atoms with Crippen LogP contribution < -0.4 is 4.90 Å². The smallest absolute Gasteiger partial charge is 0.0732 e. The highest BCUT2D eigenvalue weighted by atomic mass is 15.1. The quantitative estimate of drug-likeness (QED) is 0.159. The van der Waals surface area contributed by atoms with Gasteiger partial charge in [0.25, 0.3) is 0 Å². The second kappa shape index (κ2) is 14.1. The average molecular weight is 852 g/mol. The molecule has 11 aromatic carbocycles. The normalized spacial score (nSPS) is 15.5. The van der Waals surface area contributed by atoms with Crippen LogP contribution in [-0.4, -0.2) is 0 Å². The number of hydrogen-bond donors (Lipinski definition) is 0. The molecule has 0 amide bonds. The van der Waals surface area contributed by atoms with Crippen LogP contribution >= 0.6 is 0 Å². The van der Waals surface area contributed by atoms with Crippen molar-refractivity contribution in [2.45, 2.75) is 24.7 Å². The molecule has 0 saturated heterocycles. The number of benzene rings is 11. The zero-order chi connectivity index (χ0) is 44.4. The molecule has 0 heterocycles. The van der Waals surface area contributed by atoms with Gasteiger partial charge >= 0.3 is 0 Å². The van der Waals surface area contributed by atoms with Gasteiger partial charge in [-0.2, -0.15) is 0 Å². The molecular weight excluding hydrogens is 807 g/mol. The third-order valence-electron chi connectivity index (χ3n) is 15.5. The zero-order valence-electron chi connectivity index (χ0n) is 37.5. The number of rotatable bonds is 4. The molecule has 0 saturated carbocycles. The predicted octanol–water partition coefficient (Wildman–Crippen LogP) is 17.4. The second-order valence-corrected chi connectivity index (χ2v) is 19.1. The Bertz CT molecular complexity index is 3850. The SMILES string of the molecule is CC1(C)c2ccccc2-c2ccc(N(c3ccc4c(c3)C3(c5ccccc5-c5ccccc5-4)c4ccccc4-c4c3c3ccccc3c3ccccc43)c3ccccc3-c3ccccc3)cc21. The highest BCUT2D eigenvalue weighted by molar-refractivity contribution is 6.20. The number of hydrogen-bond acceptors (Lipinski definition) is 1. The highest BCUT2D eigenvalue weighted by Gasteiger charge is 2.51. The van der Waals surface area contributed by atoms with E-state index in [0.29, 0.717) is 0 Å². The van der Waals surface area contributed by atoms with Gasteiger partial charge < -0.3 is 4.90 Å². The van der Waals surface area contributed by atoms with Crippen LogP contribution in [0, 0.1) is 0 Å². The largest absolute Gasteiger partial charge is 0.310 e. The summed E-state index contributed by atoms with van der Waals surface area (Å²) in [5, 5.41) is 5.14. The van der Waals surface area contributed by atoms with Crippen molar-refractivity contribution in [3.8, 4) is 55.6 Å². The number of fused-ring (bicyclic) bond motifs is 20. The van der Waals surface area contributed by atoms with Gasteiger partial charge in [0.05, 0.1) is 11.1 Å². The molecule has 3 aliphatic rings. The maximum absolute atomic E-state index is 2.57. The van der Waals surface area contributed by atoms with Gasteiger partial charge in [-0.1, -0.05) is 220 Å². The van der Waals surface area contributed by atoms with Gasteiger partial charge in [0.15, 0.2) is 0 Å². The number of para-hydroxylation sites is 1. The molecule has 1 spiro atoms. The minimum atomic E-state index is -0.692.